The fraction of sp³-hybridized carbons (Fsp3) is 0.263. The lowest BCUT2D eigenvalue weighted by molar-refractivity contribution is -0.135. The average molecular weight is 721 g/mol. The van der Waals surface area contributed by atoms with E-state index >= 15 is 0 Å². The third kappa shape index (κ3) is 12.8. The maximum Gasteiger partial charge on any atom is 0.259 e. The maximum absolute atomic E-state index is 13.3. The maximum atomic E-state index is 13.3. The molecular formula is C38H42F2N4O8. The number of aliphatic hydroxyl groups is 2. The zero-order valence-electron chi connectivity index (χ0n) is 29.6. The third-order valence-electron chi connectivity index (χ3n) is 7.20. The molecule has 12 nitrogen and oxygen atoms in total. The van der Waals surface area contributed by atoms with Gasteiger partial charge in [0.15, 0.2) is 11.2 Å². The molecular weight excluding hydrogens is 678 g/mol. The largest absolute Gasteiger partial charge is 0.490 e. The monoisotopic (exact) mass is 720 g/mol. The van der Waals surface area contributed by atoms with Crippen LogP contribution in [0.4, 0.5) is 31.5 Å². The van der Waals surface area contributed by atoms with Crippen molar-refractivity contribution in [2.45, 2.75) is 52.7 Å². The van der Waals surface area contributed by atoms with Crippen LogP contribution in [-0.2, 0) is 19.2 Å². The van der Waals surface area contributed by atoms with Gasteiger partial charge >= 0.3 is 0 Å². The number of rotatable bonds is 12. The van der Waals surface area contributed by atoms with Crippen molar-refractivity contribution in [3.05, 3.63) is 108 Å². The molecule has 0 radical (unpaired) electrons. The molecule has 2 unspecified atom stereocenters. The molecule has 0 fully saturated rings. The molecule has 0 saturated heterocycles. The van der Waals surface area contributed by atoms with Gasteiger partial charge in [-0.25, -0.2) is 8.78 Å². The van der Waals surface area contributed by atoms with Crippen molar-refractivity contribution < 1.29 is 47.6 Å². The molecule has 4 aromatic carbocycles. The van der Waals surface area contributed by atoms with Crippen LogP contribution < -0.4 is 30.7 Å². The van der Waals surface area contributed by atoms with Crippen LogP contribution in [0.15, 0.2) is 84.9 Å². The Labute approximate surface area is 300 Å². The highest BCUT2D eigenvalue weighted by Gasteiger charge is 2.32. The molecule has 2 atom stereocenters. The van der Waals surface area contributed by atoms with Crippen LogP contribution in [0.5, 0.6) is 11.5 Å². The van der Waals surface area contributed by atoms with E-state index in [1.807, 2.05) is 0 Å². The number of carbonyl (C=O) groups is 4. The van der Waals surface area contributed by atoms with Gasteiger partial charge in [-0.05, 0) is 124 Å². The second kappa shape index (κ2) is 17.9. The van der Waals surface area contributed by atoms with Crippen molar-refractivity contribution in [3.8, 4) is 11.5 Å². The van der Waals surface area contributed by atoms with Crippen LogP contribution in [-0.4, -0.2) is 58.3 Å². The first-order valence-electron chi connectivity index (χ1n) is 16.0. The zero-order valence-corrected chi connectivity index (χ0v) is 29.6. The molecule has 0 aliphatic carbocycles. The summed E-state index contributed by atoms with van der Waals surface area (Å²) in [6.07, 6.45) is 0. The Kier molecular flexibility index (Phi) is 13.9. The van der Waals surface area contributed by atoms with E-state index in [4.69, 9.17) is 9.47 Å². The molecule has 0 aliphatic heterocycles. The third-order valence-corrected chi connectivity index (χ3v) is 7.20. The van der Waals surface area contributed by atoms with Gasteiger partial charge in [-0.2, -0.15) is 0 Å². The summed E-state index contributed by atoms with van der Waals surface area (Å²) in [5, 5.41) is 31.0. The molecule has 4 amide bonds. The molecule has 0 aromatic heterocycles. The number of aryl methyl sites for hydroxylation is 2. The van der Waals surface area contributed by atoms with Gasteiger partial charge < -0.3 is 41.0 Å². The number of amides is 4. The first-order valence-corrected chi connectivity index (χ1v) is 16.0. The summed E-state index contributed by atoms with van der Waals surface area (Å²) in [4.78, 5) is 46.4. The van der Waals surface area contributed by atoms with Crippen LogP contribution in [0.1, 0.15) is 38.8 Å². The van der Waals surface area contributed by atoms with Crippen LogP contribution in [0.3, 0.4) is 0 Å². The first kappa shape index (κ1) is 40.6. The minimum absolute atomic E-state index is 0.186. The second-order valence-electron chi connectivity index (χ2n) is 12.4. The van der Waals surface area contributed by atoms with Gasteiger partial charge in [-0.3, -0.25) is 19.2 Å². The Morgan fingerprint density at radius 1 is 0.558 bits per heavy atom. The van der Waals surface area contributed by atoms with Gasteiger partial charge in [-0.15, -0.1) is 0 Å². The van der Waals surface area contributed by atoms with Gasteiger partial charge in [0.2, 0.25) is 11.8 Å². The van der Waals surface area contributed by atoms with Crippen LogP contribution in [0.25, 0.3) is 0 Å². The molecule has 6 N–H and O–H groups in total. The summed E-state index contributed by atoms with van der Waals surface area (Å²) < 4.78 is 37.4. The standard InChI is InChI=1S/2C19H21FN2O4/c2*1-12-10-15(6-9-17(12)20)22-18(24)19(3,25)11-26-16-7-4-14(5-8-16)21-13(2)23/h2*4-10,25H,11H2,1-3H3,(H,21,23)(H,22,24). The lowest BCUT2D eigenvalue weighted by Crippen LogP contribution is -2.45. The van der Waals surface area contributed by atoms with E-state index in [1.165, 1.54) is 64.1 Å². The van der Waals surface area contributed by atoms with Crippen LogP contribution in [0.2, 0.25) is 0 Å². The summed E-state index contributed by atoms with van der Waals surface area (Å²) >= 11 is 0. The minimum atomic E-state index is -1.79. The van der Waals surface area contributed by atoms with Crippen molar-refractivity contribution >= 4 is 46.4 Å². The van der Waals surface area contributed by atoms with Gasteiger partial charge in [0.25, 0.3) is 11.8 Å². The summed E-state index contributed by atoms with van der Waals surface area (Å²) in [7, 11) is 0. The Hall–Kier alpha value is -5.86. The zero-order chi connectivity index (χ0) is 38.6. The Morgan fingerprint density at radius 2 is 0.865 bits per heavy atom. The highest BCUT2D eigenvalue weighted by molar-refractivity contribution is 5.97. The smallest absolute Gasteiger partial charge is 0.259 e. The second-order valence-corrected chi connectivity index (χ2v) is 12.4. The van der Waals surface area contributed by atoms with Crippen molar-refractivity contribution in [2.75, 3.05) is 34.5 Å². The van der Waals surface area contributed by atoms with E-state index < -0.39 is 23.0 Å². The Balaban J connectivity index is 0.000000280. The fourth-order valence-corrected chi connectivity index (χ4v) is 4.23. The van der Waals surface area contributed by atoms with E-state index in [0.717, 1.165) is 0 Å². The summed E-state index contributed by atoms with van der Waals surface area (Å²) in [6, 6.07) is 21.3. The Morgan fingerprint density at radius 3 is 1.15 bits per heavy atom. The molecule has 0 bridgehead atoms. The van der Waals surface area contributed by atoms with Crippen molar-refractivity contribution in [2.24, 2.45) is 0 Å². The topological polar surface area (TPSA) is 175 Å². The van der Waals surface area contributed by atoms with Gasteiger partial charge in [0, 0.05) is 36.6 Å². The summed E-state index contributed by atoms with van der Waals surface area (Å²) in [5.74, 6) is -1.59. The molecule has 52 heavy (non-hydrogen) atoms. The Bertz CT molecular complexity index is 1740. The molecule has 0 heterocycles. The number of ether oxygens (including phenoxy) is 2. The molecule has 4 aromatic rings. The SMILES string of the molecule is CC(=O)Nc1ccc(OCC(C)(O)C(=O)Nc2ccc(F)c(C)c2)cc1.CC(=O)Nc1ccc(OCC(C)(O)C(=O)Nc2ccc(F)c(C)c2)cc1. The number of hydrogen-bond donors (Lipinski definition) is 6. The van der Waals surface area contributed by atoms with E-state index in [-0.39, 0.29) is 36.7 Å². The lowest BCUT2D eigenvalue weighted by atomic mass is 10.1. The van der Waals surface area contributed by atoms with E-state index in [0.29, 0.717) is 45.4 Å². The van der Waals surface area contributed by atoms with Crippen molar-refractivity contribution in [1.82, 2.24) is 0 Å². The predicted octanol–water partition coefficient (Wildman–Crippen LogP) is 5.72. The number of nitrogens with one attached hydrogen (secondary N) is 4. The average Bonchev–Trinajstić information content (AvgIpc) is 3.07. The van der Waals surface area contributed by atoms with Crippen molar-refractivity contribution in [1.29, 1.82) is 0 Å². The van der Waals surface area contributed by atoms with Gasteiger partial charge in [-0.1, -0.05) is 0 Å². The quantitative estimate of drug-likeness (QED) is 0.108. The lowest BCUT2D eigenvalue weighted by Gasteiger charge is -2.22. The summed E-state index contributed by atoms with van der Waals surface area (Å²) in [5.41, 5.74) is -0.822. The number of benzene rings is 4. The number of carbonyl (C=O) groups excluding carboxylic acids is 4. The normalized spacial score (nSPS) is 12.8. The molecule has 276 valence electrons. The highest BCUT2D eigenvalue weighted by Crippen LogP contribution is 2.21. The van der Waals surface area contributed by atoms with Crippen molar-refractivity contribution in [3.63, 3.8) is 0 Å². The molecule has 4 rings (SSSR count). The van der Waals surface area contributed by atoms with Crippen LogP contribution in [0, 0.1) is 25.5 Å². The number of anilines is 4. The van der Waals surface area contributed by atoms with Gasteiger partial charge in [0.05, 0.1) is 0 Å². The molecule has 14 heteroatoms. The number of hydrogen-bond acceptors (Lipinski definition) is 8. The van der Waals surface area contributed by atoms with Crippen LogP contribution >= 0.6 is 0 Å². The highest BCUT2D eigenvalue weighted by atomic mass is 19.1. The number of halogens is 2. The first-order chi connectivity index (χ1) is 24.3. The summed E-state index contributed by atoms with van der Waals surface area (Å²) in [6.45, 7) is 8.06. The van der Waals surface area contributed by atoms with E-state index in [2.05, 4.69) is 21.3 Å². The van der Waals surface area contributed by atoms with Gasteiger partial charge in [0.1, 0.15) is 36.3 Å². The molecule has 0 spiro atoms. The van der Waals surface area contributed by atoms with E-state index in [9.17, 15) is 38.2 Å². The predicted molar refractivity (Wildman–Crippen MR) is 193 cm³/mol. The fourth-order valence-electron chi connectivity index (χ4n) is 4.23. The molecule has 0 aliphatic rings. The van der Waals surface area contributed by atoms with E-state index in [1.54, 1.807) is 62.4 Å². The molecule has 0 saturated carbocycles. The minimum Gasteiger partial charge on any atom is -0.490 e.